The third kappa shape index (κ3) is 3.95. The van der Waals surface area contributed by atoms with E-state index >= 15 is 0 Å². The van der Waals surface area contributed by atoms with E-state index < -0.39 is 0 Å². The highest BCUT2D eigenvalue weighted by Crippen LogP contribution is 2.20. The number of ether oxygens (including phenoxy) is 1. The fourth-order valence-corrected chi connectivity index (χ4v) is 1.90. The number of halogens is 2. The van der Waals surface area contributed by atoms with E-state index in [-0.39, 0.29) is 17.3 Å². The summed E-state index contributed by atoms with van der Waals surface area (Å²) in [5.74, 6) is 0.371. The second kappa shape index (κ2) is 6.72. The molecule has 1 aromatic carbocycles. The van der Waals surface area contributed by atoms with E-state index in [1.54, 1.807) is 0 Å². The van der Waals surface area contributed by atoms with Crippen LogP contribution in [0, 0.1) is 0 Å². The highest BCUT2D eigenvalue weighted by atomic mass is 35.5. The number of rotatable bonds is 5. The van der Waals surface area contributed by atoms with Gasteiger partial charge < -0.3 is 10.1 Å². The number of anilines is 1. The molecule has 106 valence electrons. The summed E-state index contributed by atoms with van der Waals surface area (Å²) in [6.07, 6.45) is 0. The van der Waals surface area contributed by atoms with Gasteiger partial charge in [-0.05, 0) is 43.1 Å². The summed E-state index contributed by atoms with van der Waals surface area (Å²) in [5.41, 5.74) is 1.06. The topological polar surface area (TPSA) is 59.9 Å². The zero-order chi connectivity index (χ0) is 14.5. The van der Waals surface area contributed by atoms with Crippen LogP contribution in [0.15, 0.2) is 24.3 Å². The van der Waals surface area contributed by atoms with E-state index in [0.717, 1.165) is 5.56 Å². The van der Waals surface area contributed by atoms with Gasteiger partial charge in [0, 0.05) is 5.02 Å². The minimum Gasteiger partial charge on any atom is -0.464 e. The molecule has 0 aliphatic heterocycles. The first-order valence-corrected chi connectivity index (χ1v) is 6.90. The molecule has 0 fully saturated rings. The number of benzene rings is 1. The normalized spacial score (nSPS) is 12.0. The van der Waals surface area contributed by atoms with Gasteiger partial charge in [-0.25, -0.2) is 0 Å². The monoisotopic (exact) mass is 312 g/mol. The van der Waals surface area contributed by atoms with Gasteiger partial charge in [-0.1, -0.05) is 23.7 Å². The molecule has 0 amide bonds. The van der Waals surface area contributed by atoms with Crippen molar-refractivity contribution in [3.05, 3.63) is 40.1 Å². The molecule has 1 aromatic heterocycles. The lowest BCUT2D eigenvalue weighted by Crippen LogP contribution is -2.11. The maximum absolute atomic E-state index is 5.87. The Morgan fingerprint density at radius 3 is 2.50 bits per heavy atom. The van der Waals surface area contributed by atoms with E-state index in [0.29, 0.717) is 17.6 Å². The van der Waals surface area contributed by atoms with Crippen molar-refractivity contribution in [2.45, 2.75) is 19.9 Å². The molecule has 1 N–H and O–H groups in total. The van der Waals surface area contributed by atoms with Crippen LogP contribution in [-0.2, 0) is 0 Å². The van der Waals surface area contributed by atoms with Crippen LogP contribution in [0.25, 0.3) is 0 Å². The molecule has 1 heterocycles. The predicted octanol–water partition coefficient (Wildman–Crippen LogP) is 3.75. The molecule has 7 heteroatoms. The lowest BCUT2D eigenvalue weighted by atomic mass is 10.1. The van der Waals surface area contributed by atoms with Crippen LogP contribution in [0.1, 0.15) is 25.5 Å². The van der Waals surface area contributed by atoms with Gasteiger partial charge in [0.05, 0.1) is 12.6 Å². The summed E-state index contributed by atoms with van der Waals surface area (Å²) in [6, 6.07) is 7.75. The lowest BCUT2D eigenvalue weighted by Gasteiger charge is -2.14. The molecule has 2 rings (SSSR count). The zero-order valence-electron chi connectivity index (χ0n) is 11.1. The van der Waals surface area contributed by atoms with Crippen molar-refractivity contribution in [1.82, 2.24) is 15.0 Å². The molecule has 1 atom stereocenters. The fraction of sp³-hybridized carbons (Fsp3) is 0.308. The average Bonchev–Trinajstić information content (AvgIpc) is 2.39. The standard InChI is InChI=1S/C13H14Cl2N4O/c1-3-20-13-18-11(15)17-12(19-13)16-8(2)9-4-6-10(14)7-5-9/h4-8H,3H2,1-2H3,(H,16,17,18,19). The Kier molecular flexibility index (Phi) is 4.98. The first-order chi connectivity index (χ1) is 9.58. The van der Waals surface area contributed by atoms with Crippen LogP contribution >= 0.6 is 23.2 Å². The van der Waals surface area contributed by atoms with Crippen LogP contribution < -0.4 is 10.1 Å². The van der Waals surface area contributed by atoms with Gasteiger partial charge >= 0.3 is 6.01 Å². The van der Waals surface area contributed by atoms with E-state index in [1.807, 2.05) is 38.1 Å². The number of hydrogen-bond donors (Lipinski definition) is 1. The smallest absolute Gasteiger partial charge is 0.322 e. The predicted molar refractivity (Wildman–Crippen MR) is 79.5 cm³/mol. The number of hydrogen-bond acceptors (Lipinski definition) is 5. The van der Waals surface area contributed by atoms with E-state index in [2.05, 4.69) is 20.3 Å². The van der Waals surface area contributed by atoms with Crippen molar-refractivity contribution in [2.24, 2.45) is 0 Å². The summed E-state index contributed by atoms with van der Waals surface area (Å²) in [5, 5.41) is 3.94. The van der Waals surface area contributed by atoms with Gasteiger partial charge in [-0.2, -0.15) is 15.0 Å². The molecule has 0 aliphatic carbocycles. The molecular weight excluding hydrogens is 299 g/mol. The average molecular weight is 313 g/mol. The van der Waals surface area contributed by atoms with Crippen molar-refractivity contribution in [3.8, 4) is 6.01 Å². The van der Waals surface area contributed by atoms with Gasteiger partial charge in [0.1, 0.15) is 0 Å². The molecule has 0 spiro atoms. The van der Waals surface area contributed by atoms with Crippen molar-refractivity contribution in [3.63, 3.8) is 0 Å². The SMILES string of the molecule is CCOc1nc(Cl)nc(NC(C)c2ccc(Cl)cc2)n1. The Hall–Kier alpha value is -1.59. The van der Waals surface area contributed by atoms with Gasteiger partial charge in [0.2, 0.25) is 11.2 Å². The number of nitrogens with zero attached hydrogens (tertiary/aromatic N) is 3. The quantitative estimate of drug-likeness (QED) is 0.911. The molecule has 0 saturated heterocycles. The Bertz CT molecular complexity index is 577. The summed E-state index contributed by atoms with van der Waals surface area (Å²) < 4.78 is 5.23. The highest BCUT2D eigenvalue weighted by molar-refractivity contribution is 6.30. The van der Waals surface area contributed by atoms with Crippen molar-refractivity contribution in [1.29, 1.82) is 0 Å². The van der Waals surface area contributed by atoms with Gasteiger partial charge in [-0.3, -0.25) is 0 Å². The minimum atomic E-state index is 0.000194. The molecule has 0 aliphatic rings. The fourth-order valence-electron chi connectivity index (χ4n) is 1.62. The summed E-state index contributed by atoms with van der Waals surface area (Å²) in [6.45, 7) is 4.30. The molecule has 0 radical (unpaired) electrons. The molecule has 1 unspecified atom stereocenters. The van der Waals surface area contributed by atoms with Crippen molar-refractivity contribution < 1.29 is 4.74 Å². The third-order valence-electron chi connectivity index (χ3n) is 2.58. The Balaban J connectivity index is 2.14. The Morgan fingerprint density at radius 1 is 1.15 bits per heavy atom. The van der Waals surface area contributed by atoms with E-state index in [9.17, 15) is 0 Å². The molecule has 5 nitrogen and oxygen atoms in total. The third-order valence-corrected chi connectivity index (χ3v) is 3.00. The van der Waals surface area contributed by atoms with Crippen molar-refractivity contribution >= 4 is 29.2 Å². The van der Waals surface area contributed by atoms with Gasteiger partial charge in [-0.15, -0.1) is 0 Å². The lowest BCUT2D eigenvalue weighted by molar-refractivity contribution is 0.312. The summed E-state index contributed by atoms with van der Waals surface area (Å²) in [7, 11) is 0. The number of aromatic nitrogens is 3. The second-order valence-corrected chi connectivity index (χ2v) is 4.84. The van der Waals surface area contributed by atoms with Crippen LogP contribution in [0.5, 0.6) is 6.01 Å². The van der Waals surface area contributed by atoms with E-state index in [1.165, 1.54) is 0 Å². The Morgan fingerprint density at radius 2 is 1.85 bits per heavy atom. The van der Waals surface area contributed by atoms with Crippen LogP contribution in [0.3, 0.4) is 0 Å². The first kappa shape index (κ1) is 14.8. The molecule has 2 aromatic rings. The highest BCUT2D eigenvalue weighted by Gasteiger charge is 2.10. The molecule has 20 heavy (non-hydrogen) atoms. The summed E-state index contributed by atoms with van der Waals surface area (Å²) >= 11 is 11.7. The molecule has 0 bridgehead atoms. The van der Waals surface area contributed by atoms with Crippen molar-refractivity contribution in [2.75, 3.05) is 11.9 Å². The molecule has 0 saturated carbocycles. The van der Waals surface area contributed by atoms with Crippen LogP contribution in [0.2, 0.25) is 10.3 Å². The maximum Gasteiger partial charge on any atom is 0.322 e. The van der Waals surface area contributed by atoms with Gasteiger partial charge in [0.15, 0.2) is 0 Å². The van der Waals surface area contributed by atoms with Crippen LogP contribution in [0.4, 0.5) is 5.95 Å². The zero-order valence-corrected chi connectivity index (χ0v) is 12.6. The van der Waals surface area contributed by atoms with E-state index in [4.69, 9.17) is 27.9 Å². The largest absolute Gasteiger partial charge is 0.464 e. The first-order valence-electron chi connectivity index (χ1n) is 6.15. The molecular formula is C13H14Cl2N4O. The summed E-state index contributed by atoms with van der Waals surface area (Å²) in [4.78, 5) is 12.0. The number of nitrogens with one attached hydrogen (secondary N) is 1. The Labute approximate surface area is 127 Å². The van der Waals surface area contributed by atoms with Gasteiger partial charge in [0.25, 0.3) is 0 Å². The minimum absolute atomic E-state index is 0.000194. The van der Waals surface area contributed by atoms with Crippen LogP contribution in [-0.4, -0.2) is 21.6 Å². The second-order valence-electron chi connectivity index (χ2n) is 4.06. The maximum atomic E-state index is 5.87.